The zero-order chi connectivity index (χ0) is 10.9. The Labute approximate surface area is 94.5 Å². The normalized spacial score (nSPS) is 10.2. The van der Waals surface area contributed by atoms with E-state index in [1.807, 2.05) is 0 Å². The third-order valence-electron chi connectivity index (χ3n) is 2.12. The maximum absolute atomic E-state index is 9.87. The van der Waals surface area contributed by atoms with Crippen molar-refractivity contribution in [2.75, 3.05) is 0 Å². The molecule has 0 aliphatic rings. The highest BCUT2D eigenvalue weighted by Gasteiger charge is 2.02. The second-order valence-electron chi connectivity index (χ2n) is 3.40. The van der Waals surface area contributed by atoms with E-state index in [9.17, 15) is 4.79 Å². The molecule has 0 fully saturated rings. The molecule has 15 heavy (non-hydrogen) atoms. The van der Waals surface area contributed by atoms with Crippen LogP contribution in [0, 0.1) is 0 Å². The number of hydrogen-bond donors (Lipinski definition) is 0. The Morgan fingerprint density at radius 3 is 3.07 bits per heavy atom. The first kappa shape index (κ1) is 12.2. The molecule has 0 saturated carbocycles. The van der Waals surface area contributed by atoms with Crippen molar-refractivity contribution >= 4 is 17.8 Å². The Morgan fingerprint density at radius 1 is 1.47 bits per heavy atom. The van der Waals surface area contributed by atoms with E-state index in [0.717, 1.165) is 16.3 Å². The number of nitrogens with zero attached hydrogens (tertiary/aromatic N) is 1. The van der Waals surface area contributed by atoms with Crippen LogP contribution in [-0.2, 0) is 22.6 Å². The number of thiazole rings is 1. The van der Waals surface area contributed by atoms with Gasteiger partial charge in [0.25, 0.3) is 0 Å². The summed E-state index contributed by atoms with van der Waals surface area (Å²) < 4.78 is 4.54. The number of carbonyl (C=O) groups excluding carboxylic acids is 1. The minimum atomic E-state index is 0.302. The molecule has 0 amide bonds. The fourth-order valence-corrected chi connectivity index (χ4v) is 2.21. The van der Waals surface area contributed by atoms with Crippen molar-refractivity contribution in [1.29, 1.82) is 0 Å². The van der Waals surface area contributed by atoms with Crippen LogP contribution < -0.4 is 0 Å². The molecule has 0 saturated heterocycles. The summed E-state index contributed by atoms with van der Waals surface area (Å²) in [7, 11) is 0. The van der Waals surface area contributed by atoms with E-state index in [-0.39, 0.29) is 0 Å². The number of aryl methyl sites for hydroxylation is 1. The molecular weight excluding hydrogens is 210 g/mol. The number of rotatable bonds is 8. The summed E-state index contributed by atoms with van der Waals surface area (Å²) in [6.07, 6.45) is 7.83. The average molecular weight is 226 g/mol. The van der Waals surface area contributed by atoms with E-state index < -0.39 is 0 Å². The van der Waals surface area contributed by atoms with Crippen molar-refractivity contribution in [3.8, 4) is 0 Å². The van der Waals surface area contributed by atoms with E-state index >= 15 is 0 Å². The van der Waals surface area contributed by atoms with E-state index in [4.69, 9.17) is 0 Å². The summed E-state index contributed by atoms with van der Waals surface area (Å²) >= 11 is 1.62. The molecule has 1 heterocycles. The molecule has 4 heteroatoms. The van der Waals surface area contributed by atoms with Gasteiger partial charge in [0.05, 0.1) is 9.88 Å². The smallest absolute Gasteiger partial charge is 0.417 e. The first-order valence-electron chi connectivity index (χ1n) is 5.29. The number of ether oxygens (including phenoxy) is 1. The Balaban J connectivity index is 2.23. The summed E-state index contributed by atoms with van der Waals surface area (Å²) in [6.45, 7) is 3.92. The number of hydrogen-bond acceptors (Lipinski definition) is 4. The van der Waals surface area contributed by atoms with Crippen molar-refractivity contribution in [2.45, 2.75) is 45.6 Å². The highest BCUT2D eigenvalue weighted by atomic mass is 32.1. The maximum atomic E-state index is 9.87. The molecule has 1 rings (SSSR count). The Morgan fingerprint density at radius 2 is 2.33 bits per heavy atom. The van der Waals surface area contributed by atoms with Crippen molar-refractivity contribution < 1.29 is 9.53 Å². The fourth-order valence-electron chi connectivity index (χ4n) is 1.33. The molecule has 0 aromatic carbocycles. The van der Waals surface area contributed by atoms with Gasteiger partial charge < -0.3 is 4.74 Å². The lowest BCUT2D eigenvalue weighted by molar-refractivity contribution is 0.270. The van der Waals surface area contributed by atoms with Gasteiger partial charge in [-0.25, -0.2) is 9.78 Å². The number of aromatic nitrogens is 1. The second kappa shape index (κ2) is 7.40. The van der Waals surface area contributed by atoms with Crippen molar-refractivity contribution in [1.82, 2.24) is 4.98 Å². The quantitative estimate of drug-likeness (QED) is 0.640. The predicted molar refractivity (Wildman–Crippen MR) is 60.4 cm³/mol. The molecule has 1 radical (unpaired) electrons. The van der Waals surface area contributed by atoms with Crippen molar-refractivity contribution in [3.63, 3.8) is 0 Å². The molecule has 3 nitrogen and oxygen atoms in total. The summed E-state index contributed by atoms with van der Waals surface area (Å²) in [4.78, 5) is 15.1. The van der Waals surface area contributed by atoms with Gasteiger partial charge in [-0.1, -0.05) is 26.2 Å². The highest BCUT2D eigenvalue weighted by molar-refractivity contribution is 7.11. The van der Waals surface area contributed by atoms with Crippen LogP contribution in [0.2, 0.25) is 0 Å². The first-order chi connectivity index (χ1) is 7.36. The molecular formula is C11H16NO2S. The summed E-state index contributed by atoms with van der Waals surface area (Å²) in [5, 5.41) is 1.13. The van der Waals surface area contributed by atoms with E-state index in [1.165, 1.54) is 32.2 Å². The van der Waals surface area contributed by atoms with Gasteiger partial charge >= 0.3 is 6.47 Å². The molecule has 83 valence electrons. The highest BCUT2D eigenvalue weighted by Crippen LogP contribution is 2.16. The lowest BCUT2D eigenvalue weighted by Gasteiger charge is -1.95. The maximum Gasteiger partial charge on any atom is 0.417 e. The molecule has 0 spiro atoms. The fraction of sp³-hybridized carbons (Fsp3) is 0.636. The average Bonchev–Trinajstić information content (AvgIpc) is 2.69. The van der Waals surface area contributed by atoms with E-state index in [0.29, 0.717) is 6.61 Å². The van der Waals surface area contributed by atoms with E-state index in [1.54, 1.807) is 17.5 Å². The summed E-state index contributed by atoms with van der Waals surface area (Å²) in [6, 6.07) is 0. The van der Waals surface area contributed by atoms with Crippen LogP contribution in [0.3, 0.4) is 0 Å². The molecule has 1 aromatic rings. The van der Waals surface area contributed by atoms with Gasteiger partial charge in [-0.05, 0) is 12.8 Å². The van der Waals surface area contributed by atoms with Crippen LogP contribution in [0.4, 0.5) is 0 Å². The molecule has 0 atom stereocenters. The second-order valence-corrected chi connectivity index (χ2v) is 4.60. The lowest BCUT2D eigenvalue weighted by Crippen LogP contribution is -1.84. The SMILES string of the molecule is CCCCCCc1ncc(CO[C]=O)s1. The largest absolute Gasteiger partial charge is 0.451 e. The minimum Gasteiger partial charge on any atom is -0.451 e. The van der Waals surface area contributed by atoms with Crippen molar-refractivity contribution in [3.05, 3.63) is 16.1 Å². The third-order valence-corrected chi connectivity index (χ3v) is 3.15. The van der Waals surface area contributed by atoms with Crippen LogP contribution in [-0.4, -0.2) is 11.5 Å². The van der Waals surface area contributed by atoms with Crippen LogP contribution in [0.25, 0.3) is 0 Å². The van der Waals surface area contributed by atoms with Gasteiger partial charge in [0.1, 0.15) is 6.61 Å². The molecule has 0 unspecified atom stereocenters. The molecule has 0 bridgehead atoms. The molecule has 1 aromatic heterocycles. The Hall–Kier alpha value is -0.900. The van der Waals surface area contributed by atoms with Gasteiger partial charge in [-0.15, -0.1) is 11.3 Å². The Kier molecular flexibility index (Phi) is 6.00. The van der Waals surface area contributed by atoms with Gasteiger partial charge in [0.2, 0.25) is 0 Å². The van der Waals surface area contributed by atoms with E-state index in [2.05, 4.69) is 16.6 Å². The monoisotopic (exact) mass is 226 g/mol. The lowest BCUT2D eigenvalue weighted by atomic mass is 10.2. The van der Waals surface area contributed by atoms with Crippen LogP contribution in [0.5, 0.6) is 0 Å². The van der Waals surface area contributed by atoms with Crippen molar-refractivity contribution in [2.24, 2.45) is 0 Å². The minimum absolute atomic E-state index is 0.302. The first-order valence-corrected chi connectivity index (χ1v) is 6.11. The van der Waals surface area contributed by atoms with Gasteiger partial charge in [-0.2, -0.15) is 0 Å². The Bertz CT molecular complexity index is 286. The van der Waals surface area contributed by atoms with Gasteiger partial charge in [0, 0.05) is 6.20 Å². The van der Waals surface area contributed by atoms with Crippen LogP contribution in [0.1, 0.15) is 42.5 Å². The topological polar surface area (TPSA) is 39.2 Å². The molecule has 0 N–H and O–H groups in total. The standard InChI is InChI=1S/C11H16NO2S/c1-2-3-4-5-6-11-12-7-10(15-11)8-14-9-13/h7H,2-6,8H2,1H3. The van der Waals surface area contributed by atoms with Gasteiger partial charge in [0.15, 0.2) is 0 Å². The zero-order valence-corrected chi connectivity index (χ0v) is 9.81. The zero-order valence-electron chi connectivity index (χ0n) is 8.99. The third kappa shape index (κ3) is 4.93. The summed E-state index contributed by atoms with van der Waals surface area (Å²) in [5.74, 6) is 0. The van der Waals surface area contributed by atoms with Crippen LogP contribution in [0.15, 0.2) is 6.20 Å². The van der Waals surface area contributed by atoms with Gasteiger partial charge in [-0.3, -0.25) is 0 Å². The van der Waals surface area contributed by atoms with Crippen LogP contribution >= 0.6 is 11.3 Å². The number of unbranched alkanes of at least 4 members (excludes halogenated alkanes) is 3. The summed E-state index contributed by atoms with van der Waals surface area (Å²) in [5.41, 5.74) is 0. The molecule has 0 aliphatic carbocycles. The predicted octanol–water partition coefficient (Wildman–Crippen LogP) is 2.85. The molecule has 0 aliphatic heterocycles.